The van der Waals surface area contributed by atoms with Gasteiger partial charge in [-0.25, -0.2) is 0 Å². The first kappa shape index (κ1) is 11.5. The number of halogens is 2. The van der Waals surface area contributed by atoms with E-state index >= 15 is 0 Å². The fourth-order valence-electron chi connectivity index (χ4n) is 4.89. The molecule has 0 radical (unpaired) electrons. The molecule has 4 atom stereocenters. The molecule has 0 aliphatic heterocycles. The zero-order valence-corrected chi connectivity index (χ0v) is 12.3. The SMILES string of the molecule is O=C([O-])C12CC3CC(Br)(CC(CBr)(C3)C1)C2. The Kier molecular flexibility index (Phi) is 2.34. The highest BCUT2D eigenvalue weighted by atomic mass is 79.9. The Morgan fingerprint density at radius 1 is 1.25 bits per heavy atom. The molecule has 0 aromatic heterocycles. The number of carbonyl (C=O) groups excluding carboxylic acids is 1. The van der Waals surface area contributed by atoms with E-state index in [-0.39, 0.29) is 9.74 Å². The molecule has 2 nitrogen and oxygen atoms in total. The van der Waals surface area contributed by atoms with Crippen LogP contribution in [0.5, 0.6) is 0 Å². The Morgan fingerprint density at radius 2 is 2.00 bits per heavy atom. The summed E-state index contributed by atoms with van der Waals surface area (Å²) < 4.78 is 0.0697. The number of alkyl halides is 2. The van der Waals surface area contributed by atoms with Gasteiger partial charge in [-0.1, -0.05) is 31.9 Å². The standard InChI is InChI=1S/C12H16Br2O2/c13-7-10-1-8-2-11(4-10,9(15)16)6-12(14,3-8)5-10/h8H,1-7H2,(H,15,16)/p-1. The van der Waals surface area contributed by atoms with Crippen LogP contribution in [-0.2, 0) is 4.79 Å². The van der Waals surface area contributed by atoms with Crippen LogP contribution in [0, 0.1) is 16.7 Å². The maximum Gasteiger partial charge on any atom is 0.0477 e. The van der Waals surface area contributed by atoms with Gasteiger partial charge in [-0.2, -0.15) is 0 Å². The van der Waals surface area contributed by atoms with E-state index in [0.717, 1.165) is 37.4 Å². The molecule has 0 amide bonds. The summed E-state index contributed by atoms with van der Waals surface area (Å²) >= 11 is 7.43. The first-order chi connectivity index (χ1) is 7.41. The van der Waals surface area contributed by atoms with Crippen molar-refractivity contribution >= 4 is 37.8 Å². The lowest BCUT2D eigenvalue weighted by Crippen LogP contribution is -2.63. The number of aliphatic carboxylic acids is 1. The van der Waals surface area contributed by atoms with Crippen molar-refractivity contribution in [2.75, 3.05) is 5.33 Å². The summed E-state index contributed by atoms with van der Waals surface area (Å²) in [5.74, 6) is -0.239. The lowest BCUT2D eigenvalue weighted by atomic mass is 9.44. The first-order valence-corrected chi connectivity index (χ1v) is 7.79. The molecule has 4 heteroatoms. The van der Waals surface area contributed by atoms with Crippen LogP contribution in [0.2, 0.25) is 0 Å². The number of carboxylic acid groups (broad SMARTS) is 1. The third-order valence-electron chi connectivity index (χ3n) is 4.83. The topological polar surface area (TPSA) is 40.1 Å². The van der Waals surface area contributed by atoms with E-state index in [2.05, 4.69) is 31.9 Å². The monoisotopic (exact) mass is 349 g/mol. The van der Waals surface area contributed by atoms with Gasteiger partial charge in [0.2, 0.25) is 0 Å². The Labute approximate surface area is 112 Å². The third-order valence-corrected chi connectivity index (χ3v) is 6.91. The molecule has 4 saturated carbocycles. The lowest BCUT2D eigenvalue weighted by Gasteiger charge is -2.65. The molecule has 0 aromatic rings. The Hall–Kier alpha value is 0.430. The van der Waals surface area contributed by atoms with Crippen molar-refractivity contribution in [2.24, 2.45) is 16.7 Å². The van der Waals surface area contributed by atoms with Crippen LogP contribution in [0.15, 0.2) is 0 Å². The molecule has 16 heavy (non-hydrogen) atoms. The van der Waals surface area contributed by atoms with Crippen molar-refractivity contribution in [1.29, 1.82) is 0 Å². The minimum Gasteiger partial charge on any atom is -0.550 e. The largest absolute Gasteiger partial charge is 0.550 e. The number of carboxylic acids is 1. The molecule has 0 saturated heterocycles. The Bertz CT molecular complexity index is 359. The van der Waals surface area contributed by atoms with Gasteiger partial charge in [0.25, 0.3) is 0 Å². The quantitative estimate of drug-likeness (QED) is 0.716. The van der Waals surface area contributed by atoms with Crippen LogP contribution in [0.4, 0.5) is 0 Å². The summed E-state index contributed by atoms with van der Waals surface area (Å²) in [5, 5.41) is 12.4. The van der Waals surface area contributed by atoms with Crippen LogP contribution in [0.25, 0.3) is 0 Å². The normalized spacial score (nSPS) is 54.2. The molecule has 4 rings (SSSR count). The molecule has 4 aliphatic rings. The van der Waals surface area contributed by atoms with Gasteiger partial charge < -0.3 is 9.90 Å². The van der Waals surface area contributed by atoms with E-state index in [1.807, 2.05) is 0 Å². The van der Waals surface area contributed by atoms with Crippen LogP contribution < -0.4 is 5.11 Å². The number of carbonyl (C=O) groups is 1. The second kappa shape index (κ2) is 3.25. The van der Waals surface area contributed by atoms with Gasteiger partial charge in [0.15, 0.2) is 0 Å². The van der Waals surface area contributed by atoms with Crippen molar-refractivity contribution in [2.45, 2.75) is 42.8 Å². The van der Waals surface area contributed by atoms with E-state index in [4.69, 9.17) is 0 Å². The first-order valence-electron chi connectivity index (χ1n) is 5.87. The molecule has 4 fully saturated rings. The summed E-state index contributed by atoms with van der Waals surface area (Å²) in [6.07, 6.45) is 5.90. The summed E-state index contributed by atoms with van der Waals surface area (Å²) in [7, 11) is 0. The van der Waals surface area contributed by atoms with E-state index in [0.29, 0.717) is 5.92 Å². The fourth-order valence-corrected chi connectivity index (χ4v) is 7.11. The average Bonchev–Trinajstić information content (AvgIpc) is 2.13. The van der Waals surface area contributed by atoms with E-state index in [9.17, 15) is 9.90 Å². The van der Waals surface area contributed by atoms with Gasteiger partial charge in [-0.05, 0) is 49.9 Å². The fraction of sp³-hybridized carbons (Fsp3) is 0.917. The van der Waals surface area contributed by atoms with Gasteiger partial charge in [0, 0.05) is 21.0 Å². The van der Waals surface area contributed by atoms with E-state index in [1.54, 1.807) is 0 Å². The minimum absolute atomic E-state index is 0.0697. The van der Waals surface area contributed by atoms with E-state index in [1.165, 1.54) is 6.42 Å². The third kappa shape index (κ3) is 1.45. The highest BCUT2D eigenvalue weighted by molar-refractivity contribution is 9.10. The molecule has 90 valence electrons. The molecular weight excluding hydrogens is 336 g/mol. The highest BCUT2D eigenvalue weighted by Gasteiger charge is 2.62. The number of hydrogen-bond donors (Lipinski definition) is 0. The van der Waals surface area contributed by atoms with Crippen molar-refractivity contribution in [1.82, 2.24) is 0 Å². The predicted molar refractivity (Wildman–Crippen MR) is 66.5 cm³/mol. The van der Waals surface area contributed by atoms with Crippen molar-refractivity contribution in [3.63, 3.8) is 0 Å². The van der Waals surface area contributed by atoms with Crippen LogP contribution >= 0.6 is 31.9 Å². The zero-order chi connectivity index (χ0) is 11.6. The van der Waals surface area contributed by atoms with Crippen molar-refractivity contribution in [3.05, 3.63) is 0 Å². The van der Waals surface area contributed by atoms with Gasteiger partial charge in [0.1, 0.15) is 0 Å². The average molecular weight is 351 g/mol. The second-order valence-electron chi connectivity index (χ2n) is 6.36. The molecule has 0 aromatic carbocycles. The second-order valence-corrected chi connectivity index (χ2v) is 8.60. The molecule has 4 aliphatic carbocycles. The van der Waals surface area contributed by atoms with Crippen molar-refractivity contribution < 1.29 is 9.90 Å². The van der Waals surface area contributed by atoms with Gasteiger partial charge in [-0.15, -0.1) is 0 Å². The zero-order valence-electron chi connectivity index (χ0n) is 9.10. The summed E-state index contributed by atoms with van der Waals surface area (Å²) in [5.41, 5.74) is -0.348. The lowest BCUT2D eigenvalue weighted by molar-refractivity contribution is -0.328. The number of hydrogen-bond acceptors (Lipinski definition) is 2. The minimum atomic E-state index is -0.814. The maximum absolute atomic E-state index is 11.5. The summed E-state index contributed by atoms with van der Waals surface area (Å²) in [6, 6.07) is 0. The van der Waals surface area contributed by atoms with E-state index < -0.39 is 11.4 Å². The molecule has 4 unspecified atom stereocenters. The van der Waals surface area contributed by atoms with Gasteiger partial charge in [0.05, 0.1) is 0 Å². The van der Waals surface area contributed by atoms with Gasteiger partial charge >= 0.3 is 0 Å². The maximum atomic E-state index is 11.5. The van der Waals surface area contributed by atoms with Crippen LogP contribution in [-0.4, -0.2) is 15.6 Å². The molecule has 0 spiro atoms. The Morgan fingerprint density at radius 3 is 2.56 bits per heavy atom. The van der Waals surface area contributed by atoms with Crippen LogP contribution in [0.1, 0.15) is 38.5 Å². The molecule has 4 bridgehead atoms. The number of rotatable bonds is 2. The highest BCUT2D eigenvalue weighted by Crippen LogP contribution is 2.69. The van der Waals surface area contributed by atoms with Crippen LogP contribution in [0.3, 0.4) is 0 Å². The summed E-state index contributed by atoms with van der Waals surface area (Å²) in [6.45, 7) is 0. The van der Waals surface area contributed by atoms with Crippen molar-refractivity contribution in [3.8, 4) is 0 Å². The van der Waals surface area contributed by atoms with Gasteiger partial charge in [-0.3, -0.25) is 0 Å². The molecule has 0 heterocycles. The molecule has 0 N–H and O–H groups in total. The predicted octanol–water partition coefficient (Wildman–Crippen LogP) is 2.24. The Balaban J connectivity index is 2.04. The smallest absolute Gasteiger partial charge is 0.0477 e. The summed E-state index contributed by atoms with van der Waals surface area (Å²) in [4.78, 5) is 11.5. The molecular formula is C12H15Br2O2-.